The van der Waals surface area contributed by atoms with Gasteiger partial charge in [-0.25, -0.2) is 9.78 Å². The Morgan fingerprint density at radius 3 is 2.67 bits per heavy atom. The Hall–Kier alpha value is -2.63. The zero-order chi connectivity index (χ0) is 15.1. The number of pyridine rings is 2. The third-order valence-corrected chi connectivity index (χ3v) is 3.65. The van der Waals surface area contributed by atoms with E-state index in [0.29, 0.717) is 11.3 Å². The van der Waals surface area contributed by atoms with E-state index in [4.69, 9.17) is 5.11 Å². The Balaban J connectivity index is 2.30. The molecule has 0 spiro atoms. The first-order chi connectivity index (χ1) is 9.99. The molecule has 0 radical (unpaired) electrons. The molecule has 2 heterocycles. The van der Waals surface area contributed by atoms with Gasteiger partial charge in [-0.05, 0) is 43.4 Å². The molecule has 1 aliphatic carbocycles. The maximum absolute atomic E-state index is 12.5. The van der Waals surface area contributed by atoms with E-state index >= 15 is 0 Å². The van der Waals surface area contributed by atoms with Crippen LogP contribution in [0, 0.1) is 6.92 Å². The molecule has 0 saturated heterocycles. The van der Waals surface area contributed by atoms with Crippen LogP contribution in [0.2, 0.25) is 0 Å². The summed E-state index contributed by atoms with van der Waals surface area (Å²) in [6.45, 7) is 1.74. The summed E-state index contributed by atoms with van der Waals surface area (Å²) < 4.78 is 1.41. The fourth-order valence-electron chi connectivity index (χ4n) is 2.43. The van der Waals surface area contributed by atoms with E-state index in [2.05, 4.69) is 4.98 Å². The van der Waals surface area contributed by atoms with Gasteiger partial charge in [-0.15, -0.1) is 0 Å². The number of carbonyl (C=O) groups is 1. The number of aromatic carboxylic acids is 1. The third-order valence-electron chi connectivity index (χ3n) is 3.65. The topological polar surface area (TPSA) is 92.4 Å². The molecule has 2 aromatic heterocycles. The molecule has 6 nitrogen and oxygen atoms in total. The van der Waals surface area contributed by atoms with Crippen LogP contribution in [0.15, 0.2) is 29.2 Å². The summed E-state index contributed by atoms with van der Waals surface area (Å²) in [5.41, 5.74) is 1.12. The Bertz CT molecular complexity index is 791. The van der Waals surface area contributed by atoms with E-state index in [-0.39, 0.29) is 17.4 Å². The second-order valence-electron chi connectivity index (χ2n) is 5.22. The molecule has 0 bridgehead atoms. The third kappa shape index (κ3) is 2.29. The van der Waals surface area contributed by atoms with Crippen LogP contribution in [0.4, 0.5) is 0 Å². The van der Waals surface area contributed by atoms with Crippen molar-refractivity contribution in [1.82, 2.24) is 9.55 Å². The second-order valence-corrected chi connectivity index (χ2v) is 5.22. The predicted octanol–water partition coefficient (Wildman–Crippen LogP) is 1.82. The van der Waals surface area contributed by atoms with Gasteiger partial charge >= 0.3 is 5.97 Å². The van der Waals surface area contributed by atoms with Crippen LogP contribution in [0.3, 0.4) is 0 Å². The predicted molar refractivity (Wildman–Crippen MR) is 75.2 cm³/mol. The summed E-state index contributed by atoms with van der Waals surface area (Å²) in [5, 5.41) is 18.5. The van der Waals surface area contributed by atoms with Crippen molar-refractivity contribution in [2.75, 3.05) is 0 Å². The first kappa shape index (κ1) is 13.4. The number of aryl methyl sites for hydroxylation is 1. The molecule has 108 valence electrons. The number of carboxylic acid groups (broad SMARTS) is 1. The van der Waals surface area contributed by atoms with Gasteiger partial charge < -0.3 is 10.2 Å². The maximum atomic E-state index is 12.5. The van der Waals surface area contributed by atoms with Crippen molar-refractivity contribution >= 4 is 5.97 Å². The van der Waals surface area contributed by atoms with Crippen molar-refractivity contribution in [3.63, 3.8) is 0 Å². The van der Waals surface area contributed by atoms with Crippen molar-refractivity contribution in [2.24, 2.45) is 0 Å². The summed E-state index contributed by atoms with van der Waals surface area (Å²) in [4.78, 5) is 27.5. The summed E-state index contributed by atoms with van der Waals surface area (Å²) >= 11 is 0. The molecule has 2 aromatic rings. The Labute approximate surface area is 120 Å². The monoisotopic (exact) mass is 286 g/mol. The van der Waals surface area contributed by atoms with Crippen molar-refractivity contribution in [2.45, 2.75) is 25.7 Å². The lowest BCUT2D eigenvalue weighted by Crippen LogP contribution is -2.28. The van der Waals surface area contributed by atoms with Gasteiger partial charge in [0.1, 0.15) is 5.56 Å². The quantitative estimate of drug-likeness (QED) is 0.897. The zero-order valence-electron chi connectivity index (χ0n) is 11.4. The number of aromatic nitrogens is 2. The van der Waals surface area contributed by atoms with E-state index in [0.717, 1.165) is 18.5 Å². The van der Waals surface area contributed by atoms with E-state index in [9.17, 15) is 14.7 Å². The average Bonchev–Trinajstić information content (AvgIpc) is 3.23. The Morgan fingerprint density at radius 2 is 2.10 bits per heavy atom. The SMILES string of the molecule is Cc1cc(O)ncc1-n1c(C2CC2)ccc(C(=O)O)c1=O. The molecule has 3 rings (SSSR count). The fraction of sp³-hybridized carbons (Fsp3) is 0.267. The molecule has 0 aromatic carbocycles. The van der Waals surface area contributed by atoms with Crippen LogP contribution >= 0.6 is 0 Å². The molecule has 0 unspecified atom stereocenters. The van der Waals surface area contributed by atoms with Gasteiger partial charge in [0.15, 0.2) is 0 Å². The largest absolute Gasteiger partial charge is 0.493 e. The lowest BCUT2D eigenvalue weighted by molar-refractivity contribution is 0.0694. The second kappa shape index (κ2) is 4.73. The van der Waals surface area contributed by atoms with Crippen molar-refractivity contribution < 1.29 is 15.0 Å². The minimum Gasteiger partial charge on any atom is -0.493 e. The van der Waals surface area contributed by atoms with Crippen molar-refractivity contribution in [3.8, 4) is 11.6 Å². The molecule has 0 atom stereocenters. The minimum absolute atomic E-state index is 0.133. The van der Waals surface area contributed by atoms with Gasteiger partial charge in [0.2, 0.25) is 5.88 Å². The number of carboxylic acids is 1. The van der Waals surface area contributed by atoms with Crippen LogP contribution in [0.1, 0.15) is 40.4 Å². The van der Waals surface area contributed by atoms with Gasteiger partial charge in [-0.2, -0.15) is 0 Å². The molecule has 0 amide bonds. The Morgan fingerprint density at radius 1 is 1.38 bits per heavy atom. The normalized spacial score (nSPS) is 14.1. The highest BCUT2D eigenvalue weighted by Crippen LogP contribution is 2.40. The number of aromatic hydroxyl groups is 1. The standard InChI is InChI=1S/C15H14N2O4/c1-8-6-13(18)16-7-12(8)17-11(9-2-3-9)5-4-10(14(17)19)15(20)21/h4-7,9H,2-3H2,1H3,(H,16,18)(H,20,21). The van der Waals surface area contributed by atoms with Crippen LogP contribution in [0.5, 0.6) is 5.88 Å². The summed E-state index contributed by atoms with van der Waals surface area (Å²) in [7, 11) is 0. The van der Waals surface area contributed by atoms with E-state index in [1.54, 1.807) is 13.0 Å². The highest BCUT2D eigenvalue weighted by atomic mass is 16.4. The first-order valence-electron chi connectivity index (χ1n) is 6.64. The van der Waals surface area contributed by atoms with Crippen LogP contribution in [-0.2, 0) is 0 Å². The summed E-state index contributed by atoms with van der Waals surface area (Å²) in [6.07, 6.45) is 3.36. The molecule has 1 aliphatic rings. The highest BCUT2D eigenvalue weighted by molar-refractivity contribution is 5.87. The maximum Gasteiger partial charge on any atom is 0.341 e. The highest BCUT2D eigenvalue weighted by Gasteiger charge is 2.29. The van der Waals surface area contributed by atoms with Crippen LogP contribution < -0.4 is 5.56 Å². The van der Waals surface area contributed by atoms with Crippen molar-refractivity contribution in [1.29, 1.82) is 0 Å². The summed E-state index contributed by atoms with van der Waals surface area (Å²) in [6, 6.07) is 4.50. The van der Waals surface area contributed by atoms with Gasteiger partial charge in [-0.1, -0.05) is 0 Å². The lowest BCUT2D eigenvalue weighted by Gasteiger charge is -2.15. The Kier molecular flexibility index (Phi) is 3.01. The molecule has 2 N–H and O–H groups in total. The minimum atomic E-state index is -1.25. The fourth-order valence-corrected chi connectivity index (χ4v) is 2.43. The van der Waals surface area contributed by atoms with E-state index in [1.807, 2.05) is 0 Å². The average molecular weight is 286 g/mol. The first-order valence-corrected chi connectivity index (χ1v) is 6.64. The van der Waals surface area contributed by atoms with Gasteiger partial charge in [0, 0.05) is 11.8 Å². The number of rotatable bonds is 3. The molecule has 1 fully saturated rings. The summed E-state index contributed by atoms with van der Waals surface area (Å²) in [5.74, 6) is -1.11. The van der Waals surface area contributed by atoms with Crippen LogP contribution in [-0.4, -0.2) is 25.7 Å². The van der Waals surface area contributed by atoms with Gasteiger partial charge in [0.05, 0.1) is 11.9 Å². The van der Waals surface area contributed by atoms with Gasteiger partial charge in [-0.3, -0.25) is 9.36 Å². The van der Waals surface area contributed by atoms with Crippen LogP contribution in [0.25, 0.3) is 5.69 Å². The van der Waals surface area contributed by atoms with E-state index < -0.39 is 11.5 Å². The lowest BCUT2D eigenvalue weighted by atomic mass is 10.1. The van der Waals surface area contributed by atoms with Gasteiger partial charge in [0.25, 0.3) is 5.56 Å². The number of hydrogen-bond donors (Lipinski definition) is 2. The number of hydrogen-bond acceptors (Lipinski definition) is 4. The zero-order valence-corrected chi connectivity index (χ0v) is 11.4. The van der Waals surface area contributed by atoms with E-state index in [1.165, 1.54) is 22.9 Å². The molecular weight excluding hydrogens is 272 g/mol. The molecule has 6 heteroatoms. The number of nitrogens with zero attached hydrogens (tertiary/aromatic N) is 2. The molecule has 0 aliphatic heterocycles. The molecule has 21 heavy (non-hydrogen) atoms. The molecule has 1 saturated carbocycles. The smallest absolute Gasteiger partial charge is 0.341 e. The van der Waals surface area contributed by atoms with Crippen molar-refractivity contribution in [3.05, 3.63) is 51.6 Å². The molecular formula is C15H14N2O4.